The molecule has 0 radical (unpaired) electrons. The number of hydrogen-bond acceptors (Lipinski definition) is 2. The molecule has 0 bridgehead atoms. The number of likely N-dealkylation sites (tertiary alicyclic amines) is 1. The van der Waals surface area contributed by atoms with Gasteiger partial charge in [0.2, 0.25) is 5.91 Å². The SMILES string of the molecule is CC(C)N(C(=O)C1CCN(C2CC2)CC1)c1ccccc1. The minimum Gasteiger partial charge on any atom is -0.310 e. The first-order valence-corrected chi connectivity index (χ1v) is 8.29. The lowest BCUT2D eigenvalue weighted by atomic mass is 9.94. The highest BCUT2D eigenvalue weighted by Gasteiger charge is 2.35. The zero-order chi connectivity index (χ0) is 14.8. The van der Waals surface area contributed by atoms with Crippen molar-refractivity contribution in [3.8, 4) is 0 Å². The molecule has 0 atom stereocenters. The summed E-state index contributed by atoms with van der Waals surface area (Å²) in [6, 6.07) is 11.1. The first-order chi connectivity index (χ1) is 10.2. The predicted octanol–water partition coefficient (Wildman–Crippen LogP) is 3.30. The number of rotatable bonds is 4. The number of anilines is 1. The van der Waals surface area contributed by atoms with E-state index in [2.05, 4.69) is 18.7 Å². The Morgan fingerprint density at radius 2 is 1.71 bits per heavy atom. The predicted molar refractivity (Wildman–Crippen MR) is 86.4 cm³/mol. The van der Waals surface area contributed by atoms with Crippen molar-refractivity contribution < 1.29 is 4.79 Å². The maximum atomic E-state index is 12.9. The van der Waals surface area contributed by atoms with E-state index in [1.165, 1.54) is 12.8 Å². The van der Waals surface area contributed by atoms with Crippen LogP contribution in [0.4, 0.5) is 5.69 Å². The number of para-hydroxylation sites is 1. The zero-order valence-corrected chi connectivity index (χ0v) is 13.2. The average molecular weight is 286 g/mol. The molecule has 1 aromatic carbocycles. The molecule has 3 rings (SSSR count). The second kappa shape index (κ2) is 6.18. The lowest BCUT2D eigenvalue weighted by Gasteiger charge is -2.36. The summed E-state index contributed by atoms with van der Waals surface area (Å²) in [5.74, 6) is 0.509. The van der Waals surface area contributed by atoms with Crippen molar-refractivity contribution in [2.45, 2.75) is 51.6 Å². The van der Waals surface area contributed by atoms with Gasteiger partial charge in [0.25, 0.3) is 0 Å². The topological polar surface area (TPSA) is 23.6 Å². The number of benzene rings is 1. The molecule has 1 heterocycles. The fourth-order valence-electron chi connectivity index (χ4n) is 3.42. The van der Waals surface area contributed by atoms with Crippen LogP contribution in [-0.4, -0.2) is 36.0 Å². The number of carbonyl (C=O) groups excluding carboxylic acids is 1. The smallest absolute Gasteiger partial charge is 0.230 e. The Morgan fingerprint density at radius 3 is 2.24 bits per heavy atom. The minimum absolute atomic E-state index is 0.197. The summed E-state index contributed by atoms with van der Waals surface area (Å²) in [5, 5.41) is 0. The van der Waals surface area contributed by atoms with Crippen LogP contribution in [0, 0.1) is 5.92 Å². The maximum Gasteiger partial charge on any atom is 0.230 e. The van der Waals surface area contributed by atoms with Crippen molar-refractivity contribution in [2.24, 2.45) is 5.92 Å². The van der Waals surface area contributed by atoms with Gasteiger partial charge in [-0.15, -0.1) is 0 Å². The molecule has 2 aliphatic rings. The molecule has 0 unspecified atom stereocenters. The Kier molecular flexibility index (Phi) is 4.29. The van der Waals surface area contributed by atoms with Crippen LogP contribution in [0.2, 0.25) is 0 Å². The third-order valence-corrected chi connectivity index (χ3v) is 4.73. The highest BCUT2D eigenvalue weighted by molar-refractivity contribution is 5.95. The van der Waals surface area contributed by atoms with Gasteiger partial charge in [0, 0.05) is 23.7 Å². The normalized spacial score (nSPS) is 20.7. The molecule has 0 aromatic heterocycles. The van der Waals surface area contributed by atoms with E-state index in [1.807, 2.05) is 35.2 Å². The van der Waals surface area contributed by atoms with Crippen LogP contribution in [0.5, 0.6) is 0 Å². The van der Waals surface area contributed by atoms with E-state index in [1.54, 1.807) is 0 Å². The lowest BCUT2D eigenvalue weighted by Crippen LogP contribution is -2.45. The van der Waals surface area contributed by atoms with Gasteiger partial charge in [0.1, 0.15) is 0 Å². The highest BCUT2D eigenvalue weighted by atomic mass is 16.2. The van der Waals surface area contributed by atoms with Crippen LogP contribution in [0.1, 0.15) is 39.5 Å². The lowest BCUT2D eigenvalue weighted by molar-refractivity contribution is -0.124. The van der Waals surface area contributed by atoms with Crippen LogP contribution >= 0.6 is 0 Å². The molecule has 1 aromatic rings. The van der Waals surface area contributed by atoms with E-state index < -0.39 is 0 Å². The van der Waals surface area contributed by atoms with Crippen molar-refractivity contribution in [1.82, 2.24) is 4.90 Å². The summed E-state index contributed by atoms with van der Waals surface area (Å²) < 4.78 is 0. The molecule has 1 aliphatic heterocycles. The summed E-state index contributed by atoms with van der Waals surface area (Å²) in [6.45, 7) is 6.40. The van der Waals surface area contributed by atoms with Crippen LogP contribution in [0.3, 0.4) is 0 Å². The molecular formula is C18H26N2O. The summed E-state index contributed by atoms with van der Waals surface area (Å²) in [4.78, 5) is 17.5. The highest BCUT2D eigenvalue weighted by Crippen LogP contribution is 2.32. The van der Waals surface area contributed by atoms with Gasteiger partial charge in [0.05, 0.1) is 0 Å². The average Bonchev–Trinajstić information content (AvgIpc) is 3.33. The quantitative estimate of drug-likeness (QED) is 0.848. The molecule has 1 amide bonds. The van der Waals surface area contributed by atoms with Crippen molar-refractivity contribution in [3.05, 3.63) is 30.3 Å². The summed E-state index contributed by atoms with van der Waals surface area (Å²) in [6.07, 6.45) is 4.76. The van der Waals surface area contributed by atoms with E-state index in [9.17, 15) is 4.79 Å². The fraction of sp³-hybridized carbons (Fsp3) is 0.611. The molecule has 114 valence electrons. The second-order valence-electron chi connectivity index (χ2n) is 6.68. The molecule has 1 saturated carbocycles. The Hall–Kier alpha value is -1.35. The van der Waals surface area contributed by atoms with Gasteiger partial charge in [-0.2, -0.15) is 0 Å². The number of amides is 1. The summed E-state index contributed by atoms with van der Waals surface area (Å²) in [7, 11) is 0. The maximum absolute atomic E-state index is 12.9. The Balaban J connectivity index is 1.67. The zero-order valence-electron chi connectivity index (χ0n) is 13.2. The largest absolute Gasteiger partial charge is 0.310 e. The second-order valence-corrected chi connectivity index (χ2v) is 6.68. The molecular weight excluding hydrogens is 260 g/mol. The molecule has 2 fully saturated rings. The van der Waals surface area contributed by atoms with Gasteiger partial charge in [0.15, 0.2) is 0 Å². The van der Waals surface area contributed by atoms with Gasteiger partial charge in [-0.25, -0.2) is 0 Å². The number of carbonyl (C=O) groups is 1. The monoisotopic (exact) mass is 286 g/mol. The fourth-order valence-corrected chi connectivity index (χ4v) is 3.42. The van der Waals surface area contributed by atoms with Crippen LogP contribution in [-0.2, 0) is 4.79 Å². The van der Waals surface area contributed by atoms with Crippen molar-refractivity contribution in [2.75, 3.05) is 18.0 Å². The van der Waals surface area contributed by atoms with E-state index in [0.717, 1.165) is 37.7 Å². The van der Waals surface area contributed by atoms with Crippen molar-refractivity contribution in [3.63, 3.8) is 0 Å². The Labute approximate surface area is 127 Å². The van der Waals surface area contributed by atoms with Crippen LogP contribution in [0.25, 0.3) is 0 Å². The standard InChI is InChI=1S/C18H26N2O/c1-14(2)20(17-6-4-3-5-7-17)18(21)15-10-12-19(13-11-15)16-8-9-16/h3-7,14-16H,8-13H2,1-2H3. The molecule has 1 aliphatic carbocycles. The number of nitrogens with zero attached hydrogens (tertiary/aromatic N) is 2. The first-order valence-electron chi connectivity index (χ1n) is 8.29. The number of hydrogen-bond donors (Lipinski definition) is 0. The Bertz CT molecular complexity index is 473. The molecule has 1 saturated heterocycles. The molecule has 0 spiro atoms. The first kappa shape index (κ1) is 14.6. The minimum atomic E-state index is 0.197. The van der Waals surface area contributed by atoms with Crippen molar-refractivity contribution >= 4 is 11.6 Å². The Morgan fingerprint density at radius 1 is 1.10 bits per heavy atom. The van der Waals surface area contributed by atoms with E-state index in [4.69, 9.17) is 0 Å². The van der Waals surface area contributed by atoms with Crippen molar-refractivity contribution in [1.29, 1.82) is 0 Å². The van der Waals surface area contributed by atoms with Crippen LogP contribution in [0.15, 0.2) is 30.3 Å². The molecule has 3 nitrogen and oxygen atoms in total. The summed E-state index contributed by atoms with van der Waals surface area (Å²) >= 11 is 0. The summed E-state index contributed by atoms with van der Waals surface area (Å²) in [5.41, 5.74) is 1.03. The van der Waals surface area contributed by atoms with Gasteiger partial charge >= 0.3 is 0 Å². The van der Waals surface area contributed by atoms with E-state index >= 15 is 0 Å². The van der Waals surface area contributed by atoms with Gasteiger partial charge in [-0.05, 0) is 64.8 Å². The van der Waals surface area contributed by atoms with Gasteiger partial charge < -0.3 is 9.80 Å². The molecule has 21 heavy (non-hydrogen) atoms. The molecule has 0 N–H and O–H groups in total. The number of piperidine rings is 1. The van der Waals surface area contributed by atoms with Gasteiger partial charge in [-0.1, -0.05) is 18.2 Å². The van der Waals surface area contributed by atoms with Gasteiger partial charge in [-0.3, -0.25) is 4.79 Å². The van der Waals surface area contributed by atoms with E-state index in [-0.39, 0.29) is 12.0 Å². The molecule has 3 heteroatoms. The van der Waals surface area contributed by atoms with E-state index in [0.29, 0.717) is 5.91 Å². The third kappa shape index (κ3) is 3.29. The third-order valence-electron chi connectivity index (χ3n) is 4.73. The van der Waals surface area contributed by atoms with Crippen LogP contribution < -0.4 is 4.90 Å².